The van der Waals surface area contributed by atoms with E-state index in [-0.39, 0.29) is 6.10 Å². The second-order valence-corrected chi connectivity index (χ2v) is 5.17. The molecule has 94 valence electrons. The molecule has 2 atom stereocenters. The van der Waals surface area contributed by atoms with Crippen molar-refractivity contribution in [1.82, 2.24) is 4.98 Å². The molecule has 1 aliphatic carbocycles. The molecule has 0 radical (unpaired) electrons. The van der Waals surface area contributed by atoms with Crippen LogP contribution in [0.15, 0.2) is 12.3 Å². The third-order valence-corrected chi connectivity index (χ3v) is 3.64. The maximum atomic E-state index is 5.88. The molecule has 1 aromatic heterocycles. The highest BCUT2D eigenvalue weighted by atomic mass is 35.5. The normalized spacial score (nSPS) is 24.6. The quantitative estimate of drug-likeness (QED) is 0.895. The van der Waals surface area contributed by atoms with E-state index in [0.717, 1.165) is 18.8 Å². The molecule has 1 aromatic rings. The Morgan fingerprint density at radius 3 is 3.06 bits per heavy atom. The van der Waals surface area contributed by atoms with Gasteiger partial charge in [-0.2, -0.15) is 0 Å². The molecule has 1 saturated carbocycles. The van der Waals surface area contributed by atoms with Gasteiger partial charge >= 0.3 is 0 Å². The first-order valence-corrected chi connectivity index (χ1v) is 6.64. The number of nitrogen functional groups attached to an aromatic ring is 1. The van der Waals surface area contributed by atoms with Gasteiger partial charge in [-0.3, -0.25) is 0 Å². The summed E-state index contributed by atoms with van der Waals surface area (Å²) in [4.78, 5) is 4.14. The summed E-state index contributed by atoms with van der Waals surface area (Å²) in [5, 5.41) is 0.546. The summed E-state index contributed by atoms with van der Waals surface area (Å²) < 4.78 is 5.88. The van der Waals surface area contributed by atoms with Crippen LogP contribution >= 0.6 is 11.6 Å². The Kier molecular flexibility index (Phi) is 4.11. The molecule has 0 amide bonds. The smallest absolute Gasteiger partial charge is 0.237 e. The van der Waals surface area contributed by atoms with E-state index in [1.807, 2.05) is 0 Å². The van der Waals surface area contributed by atoms with Gasteiger partial charge in [0, 0.05) is 6.20 Å². The van der Waals surface area contributed by atoms with Crippen molar-refractivity contribution >= 4 is 17.3 Å². The van der Waals surface area contributed by atoms with Gasteiger partial charge < -0.3 is 10.5 Å². The lowest BCUT2D eigenvalue weighted by molar-refractivity contribution is 0.118. The fourth-order valence-corrected chi connectivity index (χ4v) is 2.58. The molecule has 0 saturated heterocycles. The van der Waals surface area contributed by atoms with Gasteiger partial charge in [0.1, 0.15) is 6.10 Å². The van der Waals surface area contributed by atoms with Crippen LogP contribution in [0, 0.1) is 5.92 Å². The Balaban J connectivity index is 2.00. The predicted octanol–water partition coefficient (Wildman–Crippen LogP) is 3.66. The average Bonchev–Trinajstić information content (AvgIpc) is 2.33. The number of aromatic nitrogens is 1. The Bertz CT molecular complexity index is 384. The lowest BCUT2D eigenvalue weighted by Gasteiger charge is -2.28. The number of rotatable bonds is 3. The molecule has 0 bridgehead atoms. The molecule has 2 unspecified atom stereocenters. The van der Waals surface area contributed by atoms with Crippen molar-refractivity contribution in [2.75, 3.05) is 5.73 Å². The second kappa shape index (κ2) is 5.58. The van der Waals surface area contributed by atoms with Crippen LogP contribution in [0.3, 0.4) is 0 Å². The van der Waals surface area contributed by atoms with Gasteiger partial charge in [-0.15, -0.1) is 0 Å². The summed E-state index contributed by atoms with van der Waals surface area (Å²) in [5.41, 5.74) is 6.36. The Labute approximate surface area is 107 Å². The molecule has 17 heavy (non-hydrogen) atoms. The van der Waals surface area contributed by atoms with Crippen molar-refractivity contribution in [2.45, 2.75) is 45.1 Å². The first-order chi connectivity index (χ1) is 8.19. The number of hydrogen-bond acceptors (Lipinski definition) is 3. The van der Waals surface area contributed by atoms with Crippen LogP contribution in [0.25, 0.3) is 0 Å². The third-order valence-electron chi connectivity index (χ3n) is 3.44. The van der Waals surface area contributed by atoms with Crippen molar-refractivity contribution in [3.05, 3.63) is 17.3 Å². The van der Waals surface area contributed by atoms with Gasteiger partial charge in [0.25, 0.3) is 0 Å². The molecule has 3 nitrogen and oxygen atoms in total. The summed E-state index contributed by atoms with van der Waals surface area (Å²) >= 11 is 5.81. The van der Waals surface area contributed by atoms with E-state index in [2.05, 4.69) is 11.9 Å². The topological polar surface area (TPSA) is 48.1 Å². The Morgan fingerprint density at radius 2 is 2.35 bits per heavy atom. The molecule has 0 aromatic carbocycles. The fourth-order valence-electron chi connectivity index (χ4n) is 2.42. The molecular formula is C13H19ClN2O. The SMILES string of the molecule is CCC1CCCC(Oc2ncc(Cl)cc2N)C1. The van der Waals surface area contributed by atoms with E-state index < -0.39 is 0 Å². The molecule has 1 heterocycles. The molecular weight excluding hydrogens is 236 g/mol. The number of ether oxygens (including phenoxy) is 1. The Morgan fingerprint density at radius 1 is 1.53 bits per heavy atom. The molecule has 0 aliphatic heterocycles. The minimum Gasteiger partial charge on any atom is -0.473 e. The van der Waals surface area contributed by atoms with E-state index in [0.29, 0.717) is 16.6 Å². The minimum absolute atomic E-state index is 0.254. The number of nitrogens with zero attached hydrogens (tertiary/aromatic N) is 1. The van der Waals surface area contributed by atoms with E-state index in [4.69, 9.17) is 22.1 Å². The van der Waals surface area contributed by atoms with E-state index in [1.54, 1.807) is 12.3 Å². The van der Waals surface area contributed by atoms with Gasteiger partial charge in [-0.1, -0.05) is 31.4 Å². The number of anilines is 1. The van der Waals surface area contributed by atoms with Crippen LogP contribution in [0.4, 0.5) is 5.69 Å². The molecule has 1 fully saturated rings. The summed E-state index contributed by atoms with van der Waals surface area (Å²) in [7, 11) is 0. The third kappa shape index (κ3) is 3.25. The zero-order valence-electron chi connectivity index (χ0n) is 10.2. The van der Waals surface area contributed by atoms with Gasteiger partial charge in [-0.25, -0.2) is 4.98 Å². The first-order valence-electron chi connectivity index (χ1n) is 6.26. The van der Waals surface area contributed by atoms with Crippen molar-refractivity contribution in [1.29, 1.82) is 0 Å². The van der Waals surface area contributed by atoms with Crippen molar-refractivity contribution in [2.24, 2.45) is 5.92 Å². The van der Waals surface area contributed by atoms with E-state index in [9.17, 15) is 0 Å². The summed E-state index contributed by atoms with van der Waals surface area (Å²) in [6, 6.07) is 1.68. The predicted molar refractivity (Wildman–Crippen MR) is 70.3 cm³/mol. The number of nitrogens with two attached hydrogens (primary N) is 1. The molecule has 1 aliphatic rings. The highest BCUT2D eigenvalue weighted by Crippen LogP contribution is 2.31. The van der Waals surface area contributed by atoms with Crippen LogP contribution in [0.1, 0.15) is 39.0 Å². The summed E-state index contributed by atoms with van der Waals surface area (Å²) in [5.74, 6) is 1.30. The molecule has 2 rings (SSSR count). The monoisotopic (exact) mass is 254 g/mol. The van der Waals surface area contributed by atoms with Crippen molar-refractivity contribution in [3.63, 3.8) is 0 Å². The van der Waals surface area contributed by atoms with Crippen LogP contribution in [-0.2, 0) is 0 Å². The lowest BCUT2D eigenvalue weighted by Crippen LogP contribution is -2.25. The maximum absolute atomic E-state index is 5.88. The molecule has 0 spiro atoms. The first kappa shape index (κ1) is 12.5. The van der Waals surface area contributed by atoms with Gasteiger partial charge in [0.2, 0.25) is 5.88 Å². The van der Waals surface area contributed by atoms with E-state index >= 15 is 0 Å². The largest absolute Gasteiger partial charge is 0.473 e. The number of pyridine rings is 1. The highest BCUT2D eigenvalue weighted by Gasteiger charge is 2.23. The number of halogens is 1. The van der Waals surface area contributed by atoms with Crippen LogP contribution < -0.4 is 10.5 Å². The Hall–Kier alpha value is -0.960. The average molecular weight is 255 g/mol. The van der Waals surface area contributed by atoms with Crippen LogP contribution in [-0.4, -0.2) is 11.1 Å². The van der Waals surface area contributed by atoms with Crippen molar-refractivity contribution in [3.8, 4) is 5.88 Å². The van der Waals surface area contributed by atoms with E-state index in [1.165, 1.54) is 19.3 Å². The van der Waals surface area contributed by atoms with Gasteiger partial charge in [0.05, 0.1) is 10.7 Å². The van der Waals surface area contributed by atoms with Crippen molar-refractivity contribution < 1.29 is 4.74 Å². The standard InChI is InChI=1S/C13H19ClN2O/c1-2-9-4-3-5-11(6-9)17-13-12(15)7-10(14)8-16-13/h7-9,11H,2-6,15H2,1H3. The van der Waals surface area contributed by atoms with Gasteiger partial charge in [-0.05, 0) is 31.2 Å². The minimum atomic E-state index is 0.254. The zero-order valence-corrected chi connectivity index (χ0v) is 10.9. The lowest BCUT2D eigenvalue weighted by atomic mass is 9.85. The summed E-state index contributed by atoms with van der Waals surface area (Å²) in [6.45, 7) is 2.24. The number of hydrogen-bond donors (Lipinski definition) is 1. The fraction of sp³-hybridized carbons (Fsp3) is 0.615. The molecule has 4 heteroatoms. The summed E-state index contributed by atoms with van der Waals surface area (Å²) in [6.07, 6.45) is 7.82. The van der Waals surface area contributed by atoms with Crippen LogP contribution in [0.5, 0.6) is 5.88 Å². The van der Waals surface area contributed by atoms with Crippen LogP contribution in [0.2, 0.25) is 5.02 Å². The van der Waals surface area contributed by atoms with Gasteiger partial charge in [0.15, 0.2) is 0 Å². The second-order valence-electron chi connectivity index (χ2n) is 4.73. The molecule has 2 N–H and O–H groups in total. The maximum Gasteiger partial charge on any atom is 0.237 e. The highest BCUT2D eigenvalue weighted by molar-refractivity contribution is 6.30. The zero-order chi connectivity index (χ0) is 12.3.